The molecule has 102 valence electrons. The van der Waals surface area contributed by atoms with Crippen LogP contribution in [0.4, 0.5) is 5.95 Å². The van der Waals surface area contributed by atoms with E-state index in [4.69, 9.17) is 10.5 Å². The molecule has 0 amide bonds. The number of anilines is 1. The highest BCUT2D eigenvalue weighted by atomic mass is 16.5. The lowest BCUT2D eigenvalue weighted by Gasteiger charge is -2.16. The molecule has 0 saturated heterocycles. The number of hydrogen-bond donors (Lipinski definition) is 1. The fourth-order valence-corrected chi connectivity index (χ4v) is 2.40. The average Bonchev–Trinajstić information content (AvgIpc) is 2.82. The number of nitrogens with two attached hydrogens (primary N) is 1. The van der Waals surface area contributed by atoms with E-state index < -0.39 is 0 Å². The zero-order chi connectivity index (χ0) is 14.1. The first-order chi connectivity index (χ1) is 9.70. The van der Waals surface area contributed by atoms with Gasteiger partial charge in [-0.15, -0.1) is 0 Å². The predicted octanol–water partition coefficient (Wildman–Crippen LogP) is 2.63. The summed E-state index contributed by atoms with van der Waals surface area (Å²) in [6.07, 6.45) is 3.60. The van der Waals surface area contributed by atoms with Gasteiger partial charge in [0.15, 0.2) is 0 Å². The van der Waals surface area contributed by atoms with Crippen molar-refractivity contribution in [2.45, 2.75) is 13.0 Å². The van der Waals surface area contributed by atoms with E-state index in [-0.39, 0.29) is 6.04 Å². The van der Waals surface area contributed by atoms with Crippen molar-refractivity contribution in [2.24, 2.45) is 0 Å². The van der Waals surface area contributed by atoms with Crippen LogP contribution in [0.5, 0.6) is 5.75 Å². The minimum Gasteiger partial charge on any atom is -0.497 e. The van der Waals surface area contributed by atoms with Crippen molar-refractivity contribution in [3.63, 3.8) is 0 Å². The third-order valence-electron chi connectivity index (χ3n) is 3.48. The minimum absolute atomic E-state index is 0.0563. The Balaban J connectivity index is 2.17. The second kappa shape index (κ2) is 4.85. The largest absolute Gasteiger partial charge is 0.497 e. The van der Waals surface area contributed by atoms with E-state index in [1.54, 1.807) is 13.3 Å². The molecule has 20 heavy (non-hydrogen) atoms. The van der Waals surface area contributed by atoms with Crippen LogP contribution < -0.4 is 10.5 Å². The van der Waals surface area contributed by atoms with E-state index in [1.165, 1.54) is 0 Å². The van der Waals surface area contributed by atoms with Gasteiger partial charge >= 0.3 is 0 Å². The van der Waals surface area contributed by atoms with Gasteiger partial charge in [0.1, 0.15) is 5.75 Å². The highest BCUT2D eigenvalue weighted by molar-refractivity contribution is 5.80. The second-order valence-corrected chi connectivity index (χ2v) is 4.66. The summed E-state index contributed by atoms with van der Waals surface area (Å²) in [4.78, 5) is 8.56. The highest BCUT2D eigenvalue weighted by Crippen LogP contribution is 2.29. The minimum atomic E-state index is 0.0563. The maximum atomic E-state index is 6.07. The number of pyridine rings is 1. The zero-order valence-corrected chi connectivity index (χ0v) is 11.4. The van der Waals surface area contributed by atoms with Crippen LogP contribution in [0.25, 0.3) is 11.0 Å². The van der Waals surface area contributed by atoms with Crippen LogP contribution in [0.15, 0.2) is 42.7 Å². The molecule has 3 aromatic rings. The third-order valence-corrected chi connectivity index (χ3v) is 3.48. The number of hydrogen-bond acceptors (Lipinski definition) is 4. The lowest BCUT2D eigenvalue weighted by molar-refractivity contribution is 0.415. The van der Waals surface area contributed by atoms with Crippen molar-refractivity contribution >= 4 is 17.0 Å². The lowest BCUT2D eigenvalue weighted by atomic mass is 10.1. The molecular formula is C15H16N4O. The Morgan fingerprint density at radius 3 is 2.85 bits per heavy atom. The van der Waals surface area contributed by atoms with Gasteiger partial charge < -0.3 is 15.0 Å². The molecule has 0 bridgehead atoms. The molecule has 1 atom stereocenters. The maximum absolute atomic E-state index is 6.07. The number of fused-ring (bicyclic) bond motifs is 1. The van der Waals surface area contributed by atoms with E-state index in [9.17, 15) is 0 Å². The molecule has 2 N–H and O–H groups in total. The fraction of sp³-hybridized carbons (Fsp3) is 0.200. The SMILES string of the molecule is COc1ccc2nc(N)n(C(C)c3cccnc3)c2c1. The summed E-state index contributed by atoms with van der Waals surface area (Å²) in [5.74, 6) is 1.28. The van der Waals surface area contributed by atoms with Gasteiger partial charge in [0.05, 0.1) is 24.2 Å². The summed E-state index contributed by atoms with van der Waals surface area (Å²) in [6.45, 7) is 2.08. The molecule has 0 fully saturated rings. The number of benzene rings is 1. The highest BCUT2D eigenvalue weighted by Gasteiger charge is 2.16. The molecule has 2 aromatic heterocycles. The smallest absolute Gasteiger partial charge is 0.201 e. The van der Waals surface area contributed by atoms with Gasteiger partial charge in [-0.25, -0.2) is 4.98 Å². The first-order valence-corrected chi connectivity index (χ1v) is 6.42. The Hall–Kier alpha value is -2.56. The van der Waals surface area contributed by atoms with Crippen LogP contribution in [-0.2, 0) is 0 Å². The Labute approximate surface area is 117 Å². The van der Waals surface area contributed by atoms with Gasteiger partial charge in [-0.2, -0.15) is 0 Å². The first-order valence-electron chi connectivity index (χ1n) is 6.42. The summed E-state index contributed by atoms with van der Waals surface area (Å²) in [7, 11) is 1.65. The second-order valence-electron chi connectivity index (χ2n) is 4.66. The number of nitrogens with zero attached hydrogens (tertiary/aromatic N) is 3. The van der Waals surface area contributed by atoms with Crippen LogP contribution in [0.1, 0.15) is 18.5 Å². The summed E-state index contributed by atoms with van der Waals surface area (Å²) < 4.78 is 7.27. The van der Waals surface area contributed by atoms with E-state index in [0.717, 1.165) is 22.3 Å². The van der Waals surface area contributed by atoms with Gasteiger partial charge in [-0.3, -0.25) is 4.98 Å². The van der Waals surface area contributed by atoms with Crippen molar-refractivity contribution in [1.29, 1.82) is 0 Å². The molecule has 0 radical (unpaired) electrons. The van der Waals surface area contributed by atoms with E-state index in [1.807, 2.05) is 41.1 Å². The molecule has 0 aliphatic carbocycles. The van der Waals surface area contributed by atoms with Crippen LogP contribution >= 0.6 is 0 Å². The number of imidazole rings is 1. The normalized spacial score (nSPS) is 12.5. The van der Waals surface area contributed by atoms with Crippen molar-refractivity contribution in [2.75, 3.05) is 12.8 Å². The average molecular weight is 268 g/mol. The molecule has 0 aliphatic rings. The summed E-state index contributed by atoms with van der Waals surface area (Å²) in [6, 6.07) is 9.75. The van der Waals surface area contributed by atoms with Crippen molar-refractivity contribution < 1.29 is 4.74 Å². The Kier molecular flexibility index (Phi) is 3.02. The molecule has 5 nitrogen and oxygen atoms in total. The van der Waals surface area contributed by atoms with Gasteiger partial charge in [-0.05, 0) is 30.7 Å². The number of methoxy groups -OCH3 is 1. The summed E-state index contributed by atoms with van der Waals surface area (Å²) >= 11 is 0. The third kappa shape index (κ3) is 1.97. The quantitative estimate of drug-likeness (QED) is 0.793. The molecular weight excluding hydrogens is 252 g/mol. The first kappa shape index (κ1) is 12.5. The van der Waals surface area contributed by atoms with Gasteiger partial charge in [0.25, 0.3) is 0 Å². The predicted molar refractivity (Wildman–Crippen MR) is 78.7 cm³/mol. The van der Waals surface area contributed by atoms with Crippen LogP contribution in [0.3, 0.4) is 0 Å². The van der Waals surface area contributed by atoms with Gasteiger partial charge in [-0.1, -0.05) is 6.07 Å². The Morgan fingerprint density at radius 2 is 2.15 bits per heavy atom. The van der Waals surface area contributed by atoms with Crippen molar-refractivity contribution in [1.82, 2.24) is 14.5 Å². The Morgan fingerprint density at radius 1 is 1.30 bits per heavy atom. The van der Waals surface area contributed by atoms with Gasteiger partial charge in [0, 0.05) is 18.5 Å². The molecule has 0 saturated carbocycles. The number of rotatable bonds is 3. The molecule has 5 heteroatoms. The summed E-state index contributed by atoms with van der Waals surface area (Å²) in [5.41, 5.74) is 8.98. The molecule has 2 heterocycles. The van der Waals surface area contributed by atoms with Crippen LogP contribution in [-0.4, -0.2) is 21.6 Å². The molecule has 1 unspecified atom stereocenters. The van der Waals surface area contributed by atoms with Crippen molar-refractivity contribution in [3.05, 3.63) is 48.3 Å². The number of aromatic nitrogens is 3. The molecule has 0 spiro atoms. The summed E-state index contributed by atoms with van der Waals surface area (Å²) in [5, 5.41) is 0. The Bertz CT molecular complexity index is 736. The monoisotopic (exact) mass is 268 g/mol. The van der Waals surface area contributed by atoms with Crippen LogP contribution in [0, 0.1) is 0 Å². The fourth-order valence-electron chi connectivity index (χ4n) is 2.40. The van der Waals surface area contributed by atoms with E-state index in [2.05, 4.69) is 16.9 Å². The lowest BCUT2D eigenvalue weighted by Crippen LogP contribution is -2.10. The maximum Gasteiger partial charge on any atom is 0.201 e. The van der Waals surface area contributed by atoms with E-state index in [0.29, 0.717) is 5.95 Å². The molecule has 1 aromatic carbocycles. The van der Waals surface area contributed by atoms with Crippen molar-refractivity contribution in [3.8, 4) is 5.75 Å². The van der Waals surface area contributed by atoms with Crippen LogP contribution in [0.2, 0.25) is 0 Å². The van der Waals surface area contributed by atoms with Gasteiger partial charge in [0.2, 0.25) is 5.95 Å². The molecule has 0 aliphatic heterocycles. The topological polar surface area (TPSA) is 66.0 Å². The number of ether oxygens (including phenoxy) is 1. The number of nitrogen functional groups attached to an aromatic ring is 1. The van der Waals surface area contributed by atoms with E-state index >= 15 is 0 Å². The zero-order valence-electron chi connectivity index (χ0n) is 11.4. The standard InChI is InChI=1S/C15H16N4O/c1-10(11-4-3-7-17-9-11)19-14-8-12(20-2)5-6-13(14)18-15(19)16/h3-10H,1-2H3,(H2,16,18). The molecule has 3 rings (SSSR count).